The van der Waals surface area contributed by atoms with Crippen molar-refractivity contribution in [1.82, 2.24) is 15.1 Å². The zero-order chi connectivity index (χ0) is 16.7. The fourth-order valence-electron chi connectivity index (χ4n) is 3.45. The standard InChI is InChI=1S/C17H16F3N3O/c18-12-2-1-11(16(19)17(12)20)13-3-4-15(22-21-13)24-14-9-23-7-5-10(14)6-8-23/h1-4,10,14H,5-9H2. The first kappa shape index (κ1) is 15.4. The van der Waals surface area contributed by atoms with E-state index in [9.17, 15) is 13.2 Å². The van der Waals surface area contributed by atoms with Crippen molar-refractivity contribution < 1.29 is 17.9 Å². The molecule has 7 heteroatoms. The molecule has 5 rings (SSSR count). The van der Waals surface area contributed by atoms with Gasteiger partial charge in [0.1, 0.15) is 6.10 Å². The highest BCUT2D eigenvalue weighted by Crippen LogP contribution is 2.30. The van der Waals surface area contributed by atoms with Gasteiger partial charge in [0.15, 0.2) is 17.5 Å². The molecule has 0 amide bonds. The van der Waals surface area contributed by atoms with E-state index in [-0.39, 0.29) is 17.4 Å². The second kappa shape index (κ2) is 6.05. The first-order valence-corrected chi connectivity index (χ1v) is 7.98. The number of fused-ring (bicyclic) bond motifs is 3. The summed E-state index contributed by atoms with van der Waals surface area (Å²) in [6.45, 7) is 3.11. The summed E-state index contributed by atoms with van der Waals surface area (Å²) in [5.74, 6) is -3.12. The molecular formula is C17H16F3N3O. The molecule has 3 saturated heterocycles. The highest BCUT2D eigenvalue weighted by atomic mass is 19.2. The molecule has 3 aliphatic heterocycles. The molecule has 1 aromatic carbocycles. The van der Waals surface area contributed by atoms with Crippen molar-refractivity contribution in [3.05, 3.63) is 41.7 Å². The molecule has 2 bridgehead atoms. The van der Waals surface area contributed by atoms with E-state index in [1.165, 1.54) is 6.07 Å². The topological polar surface area (TPSA) is 38.2 Å². The van der Waals surface area contributed by atoms with E-state index in [1.807, 2.05) is 0 Å². The fraction of sp³-hybridized carbons (Fsp3) is 0.412. The van der Waals surface area contributed by atoms with Crippen LogP contribution in [0.1, 0.15) is 12.8 Å². The third-order valence-corrected chi connectivity index (χ3v) is 4.82. The lowest BCUT2D eigenvalue weighted by atomic mass is 9.86. The SMILES string of the molecule is Fc1ccc(-c2ccc(OC3CN4CCC3CC4)nn2)c(F)c1F. The third-order valence-electron chi connectivity index (χ3n) is 4.82. The Labute approximate surface area is 137 Å². The number of nitrogens with zero attached hydrogens (tertiary/aromatic N) is 3. The normalized spacial score (nSPS) is 25.7. The molecule has 2 aromatic rings. The van der Waals surface area contributed by atoms with Gasteiger partial charge in [-0.1, -0.05) is 0 Å². The van der Waals surface area contributed by atoms with Gasteiger partial charge in [0.25, 0.3) is 0 Å². The average molecular weight is 335 g/mol. The van der Waals surface area contributed by atoms with Crippen LogP contribution in [0.15, 0.2) is 24.3 Å². The molecule has 3 fully saturated rings. The Kier molecular flexibility index (Phi) is 3.88. The number of benzene rings is 1. The van der Waals surface area contributed by atoms with Gasteiger partial charge in [0, 0.05) is 18.2 Å². The molecule has 1 atom stereocenters. The second-order valence-electron chi connectivity index (χ2n) is 6.27. The molecule has 0 aliphatic carbocycles. The van der Waals surface area contributed by atoms with Gasteiger partial charge in [-0.2, -0.15) is 0 Å². The summed E-state index contributed by atoms with van der Waals surface area (Å²) < 4.78 is 46.0. The summed E-state index contributed by atoms with van der Waals surface area (Å²) in [5.41, 5.74) is 0.00319. The van der Waals surface area contributed by atoms with Gasteiger partial charge in [-0.25, -0.2) is 13.2 Å². The number of ether oxygens (including phenoxy) is 1. The van der Waals surface area contributed by atoms with Crippen molar-refractivity contribution in [3.63, 3.8) is 0 Å². The highest BCUT2D eigenvalue weighted by molar-refractivity contribution is 5.59. The lowest BCUT2D eigenvalue weighted by molar-refractivity contribution is -0.0103. The minimum Gasteiger partial charge on any atom is -0.472 e. The predicted octanol–water partition coefficient (Wildman–Crippen LogP) is 3.03. The monoisotopic (exact) mass is 335 g/mol. The van der Waals surface area contributed by atoms with E-state index in [4.69, 9.17) is 4.74 Å². The first-order valence-electron chi connectivity index (χ1n) is 7.98. The number of rotatable bonds is 3. The van der Waals surface area contributed by atoms with Crippen LogP contribution in [0.3, 0.4) is 0 Å². The number of aromatic nitrogens is 2. The van der Waals surface area contributed by atoms with Crippen molar-refractivity contribution in [3.8, 4) is 17.1 Å². The quantitative estimate of drug-likeness (QED) is 0.808. The van der Waals surface area contributed by atoms with E-state index in [2.05, 4.69) is 15.1 Å². The lowest BCUT2D eigenvalue weighted by Crippen LogP contribution is -2.52. The van der Waals surface area contributed by atoms with E-state index < -0.39 is 17.5 Å². The van der Waals surface area contributed by atoms with Gasteiger partial charge < -0.3 is 4.74 Å². The van der Waals surface area contributed by atoms with Crippen LogP contribution in [0, 0.1) is 23.4 Å². The number of piperidine rings is 3. The van der Waals surface area contributed by atoms with Crippen LogP contribution in [0.2, 0.25) is 0 Å². The molecule has 4 nitrogen and oxygen atoms in total. The van der Waals surface area contributed by atoms with Crippen molar-refractivity contribution in [1.29, 1.82) is 0 Å². The highest BCUT2D eigenvalue weighted by Gasteiger charge is 2.35. The zero-order valence-electron chi connectivity index (χ0n) is 12.9. The van der Waals surface area contributed by atoms with Gasteiger partial charge in [0.2, 0.25) is 5.88 Å². The van der Waals surface area contributed by atoms with Crippen LogP contribution in [0.5, 0.6) is 5.88 Å². The number of hydrogen-bond donors (Lipinski definition) is 0. The van der Waals surface area contributed by atoms with Crippen LogP contribution < -0.4 is 4.74 Å². The predicted molar refractivity (Wildman–Crippen MR) is 80.9 cm³/mol. The van der Waals surface area contributed by atoms with Crippen molar-refractivity contribution >= 4 is 0 Å². The molecule has 0 radical (unpaired) electrons. The molecule has 1 unspecified atom stereocenters. The fourth-order valence-corrected chi connectivity index (χ4v) is 3.45. The van der Waals surface area contributed by atoms with Crippen LogP contribution in [0.25, 0.3) is 11.3 Å². The first-order chi connectivity index (χ1) is 11.6. The summed E-state index contributed by atoms with van der Waals surface area (Å²) in [6, 6.07) is 5.10. The summed E-state index contributed by atoms with van der Waals surface area (Å²) in [6.07, 6.45) is 2.33. The van der Waals surface area contributed by atoms with Crippen molar-refractivity contribution in [2.45, 2.75) is 18.9 Å². The van der Waals surface area contributed by atoms with Gasteiger partial charge in [-0.15, -0.1) is 10.2 Å². The van der Waals surface area contributed by atoms with E-state index >= 15 is 0 Å². The second-order valence-corrected chi connectivity index (χ2v) is 6.27. The number of hydrogen-bond acceptors (Lipinski definition) is 4. The van der Waals surface area contributed by atoms with Crippen molar-refractivity contribution in [2.75, 3.05) is 19.6 Å². The molecule has 1 aromatic heterocycles. The number of halogens is 3. The van der Waals surface area contributed by atoms with Crippen LogP contribution >= 0.6 is 0 Å². The smallest absolute Gasteiger partial charge is 0.233 e. The summed E-state index contributed by atoms with van der Waals surface area (Å²) >= 11 is 0. The molecule has 3 aliphatic rings. The lowest BCUT2D eigenvalue weighted by Gasteiger charge is -2.44. The maximum absolute atomic E-state index is 13.8. The summed E-state index contributed by atoms with van der Waals surface area (Å²) in [7, 11) is 0. The minimum atomic E-state index is -1.51. The molecule has 0 spiro atoms. The molecular weight excluding hydrogens is 319 g/mol. The molecule has 0 saturated carbocycles. The molecule has 0 N–H and O–H groups in total. The van der Waals surface area contributed by atoms with Crippen molar-refractivity contribution in [2.24, 2.45) is 5.92 Å². The Morgan fingerprint density at radius 1 is 0.958 bits per heavy atom. The average Bonchev–Trinajstić information content (AvgIpc) is 2.62. The van der Waals surface area contributed by atoms with Crippen LogP contribution in [0.4, 0.5) is 13.2 Å². The van der Waals surface area contributed by atoms with Crippen LogP contribution in [-0.4, -0.2) is 40.8 Å². The Hall–Kier alpha value is -2.15. The maximum atomic E-state index is 13.8. The van der Waals surface area contributed by atoms with E-state index in [0.29, 0.717) is 11.8 Å². The minimum absolute atomic E-state index is 0.0904. The molecule has 4 heterocycles. The maximum Gasteiger partial charge on any atom is 0.233 e. The van der Waals surface area contributed by atoms with Crippen LogP contribution in [-0.2, 0) is 0 Å². The van der Waals surface area contributed by atoms with Gasteiger partial charge >= 0.3 is 0 Å². The molecule has 126 valence electrons. The van der Waals surface area contributed by atoms with Gasteiger partial charge in [-0.05, 0) is 50.0 Å². The third kappa shape index (κ3) is 2.73. The zero-order valence-corrected chi connectivity index (χ0v) is 12.9. The summed E-state index contributed by atoms with van der Waals surface area (Å²) in [4.78, 5) is 2.36. The van der Waals surface area contributed by atoms with E-state index in [0.717, 1.165) is 44.6 Å². The van der Waals surface area contributed by atoms with E-state index in [1.54, 1.807) is 6.07 Å². The molecule has 24 heavy (non-hydrogen) atoms. The Bertz CT molecular complexity index is 745. The Morgan fingerprint density at radius 3 is 2.38 bits per heavy atom. The Morgan fingerprint density at radius 2 is 1.75 bits per heavy atom. The van der Waals surface area contributed by atoms with Gasteiger partial charge in [-0.3, -0.25) is 4.90 Å². The Balaban J connectivity index is 1.52. The van der Waals surface area contributed by atoms with Gasteiger partial charge in [0.05, 0.1) is 5.69 Å². The largest absolute Gasteiger partial charge is 0.472 e. The summed E-state index contributed by atoms with van der Waals surface area (Å²) in [5, 5.41) is 7.84.